The second-order valence-electron chi connectivity index (χ2n) is 8.95. The maximum Gasteiger partial charge on any atom is 0.293 e. The number of nitro groups is 1. The summed E-state index contributed by atoms with van der Waals surface area (Å²) in [6.07, 6.45) is 9.47. The van der Waals surface area contributed by atoms with E-state index in [0.717, 1.165) is 46.6 Å². The fourth-order valence-electron chi connectivity index (χ4n) is 4.91. The Morgan fingerprint density at radius 3 is 2.65 bits per heavy atom. The molecule has 0 bridgehead atoms. The lowest BCUT2D eigenvalue weighted by Gasteiger charge is -2.25. The van der Waals surface area contributed by atoms with Crippen molar-refractivity contribution in [2.24, 2.45) is 5.92 Å². The van der Waals surface area contributed by atoms with Gasteiger partial charge in [-0.25, -0.2) is 0 Å². The summed E-state index contributed by atoms with van der Waals surface area (Å²) < 4.78 is 2.02. The highest BCUT2D eigenvalue weighted by Crippen LogP contribution is 2.36. The molecule has 2 heterocycles. The van der Waals surface area contributed by atoms with Gasteiger partial charge in [-0.3, -0.25) is 24.6 Å². The number of hydrogen-bond acceptors (Lipinski definition) is 5. The summed E-state index contributed by atoms with van der Waals surface area (Å²) in [7, 11) is 0. The minimum Gasteiger partial charge on any atom is -0.342 e. The van der Waals surface area contributed by atoms with E-state index in [0.29, 0.717) is 23.9 Å². The summed E-state index contributed by atoms with van der Waals surface area (Å²) in [5.74, 6) is 0.189. The topological polar surface area (TPSA) is 85.5 Å². The van der Waals surface area contributed by atoms with Gasteiger partial charge in [-0.15, -0.1) is 0 Å². The van der Waals surface area contributed by atoms with Crippen LogP contribution < -0.4 is 0 Å². The zero-order valence-corrected chi connectivity index (χ0v) is 19.5. The molecular formula is C26H25N3O4S. The van der Waals surface area contributed by atoms with Gasteiger partial charge >= 0.3 is 0 Å². The Labute approximate surface area is 201 Å². The van der Waals surface area contributed by atoms with Gasteiger partial charge < -0.3 is 4.57 Å². The van der Waals surface area contributed by atoms with Crippen molar-refractivity contribution in [3.05, 3.63) is 80.9 Å². The fourth-order valence-corrected chi connectivity index (χ4v) is 5.75. The van der Waals surface area contributed by atoms with E-state index in [-0.39, 0.29) is 16.8 Å². The molecule has 1 aliphatic heterocycles. The lowest BCUT2D eigenvalue weighted by Crippen LogP contribution is -2.34. The normalized spacial score (nSPS) is 18.4. The third kappa shape index (κ3) is 4.50. The number of fused-ring (bicyclic) bond motifs is 1. The zero-order chi connectivity index (χ0) is 23.7. The van der Waals surface area contributed by atoms with E-state index >= 15 is 0 Å². The minimum atomic E-state index is -0.397. The van der Waals surface area contributed by atoms with Gasteiger partial charge in [0.05, 0.1) is 9.83 Å². The van der Waals surface area contributed by atoms with Crippen LogP contribution in [-0.2, 0) is 11.3 Å². The van der Waals surface area contributed by atoms with Crippen LogP contribution >= 0.6 is 11.8 Å². The Morgan fingerprint density at radius 1 is 1.06 bits per heavy atom. The molecule has 5 rings (SSSR count). The third-order valence-electron chi connectivity index (χ3n) is 6.62. The third-order valence-corrected chi connectivity index (χ3v) is 7.53. The van der Waals surface area contributed by atoms with Crippen molar-refractivity contribution in [1.29, 1.82) is 0 Å². The summed E-state index contributed by atoms with van der Waals surface area (Å²) in [6.45, 7) is 0.968. The molecule has 8 heteroatoms. The monoisotopic (exact) mass is 475 g/mol. The van der Waals surface area contributed by atoms with E-state index < -0.39 is 4.92 Å². The molecule has 174 valence electrons. The summed E-state index contributed by atoms with van der Waals surface area (Å²) in [6, 6.07) is 14.4. The smallest absolute Gasteiger partial charge is 0.293 e. The predicted molar refractivity (Wildman–Crippen MR) is 133 cm³/mol. The first kappa shape index (κ1) is 22.4. The standard InChI is InChI=1S/C26H25N3O4S/c30-25-24(34-26(31)28(25)16-18-7-2-1-3-8-18)14-20-17-27(23-12-5-4-11-22(20)23)15-19-9-6-10-21(13-19)29(32)33/h4-6,9-14,17-18H,1-3,7-8,15-16H2/b24-14+. The number of nitro benzene ring substituents is 1. The molecule has 0 spiro atoms. The summed E-state index contributed by atoms with van der Waals surface area (Å²) >= 11 is 1.01. The van der Waals surface area contributed by atoms with Crippen LogP contribution in [0.4, 0.5) is 10.5 Å². The van der Waals surface area contributed by atoms with Gasteiger partial charge in [-0.1, -0.05) is 49.6 Å². The Kier molecular flexibility index (Phi) is 6.24. The first-order valence-corrected chi connectivity index (χ1v) is 12.4. The SMILES string of the molecule is O=C1S/C(=C/c2cn(Cc3cccc([N+](=O)[O-])c3)c3ccccc23)C(=O)N1CC1CCCCC1. The van der Waals surface area contributed by atoms with Crippen molar-refractivity contribution in [2.45, 2.75) is 38.6 Å². The molecule has 1 aromatic heterocycles. The van der Waals surface area contributed by atoms with Crippen LogP contribution in [0.2, 0.25) is 0 Å². The molecule has 3 aromatic rings. The fraction of sp³-hybridized carbons (Fsp3) is 0.308. The van der Waals surface area contributed by atoms with Crippen molar-refractivity contribution in [3.8, 4) is 0 Å². The molecule has 1 saturated carbocycles. The van der Waals surface area contributed by atoms with Gasteiger partial charge in [0.2, 0.25) is 0 Å². The molecule has 34 heavy (non-hydrogen) atoms. The molecule has 2 aliphatic rings. The highest BCUT2D eigenvalue weighted by atomic mass is 32.2. The number of amides is 2. The number of imide groups is 1. The van der Waals surface area contributed by atoms with Gasteiger partial charge in [-0.05, 0) is 48.2 Å². The van der Waals surface area contributed by atoms with Crippen molar-refractivity contribution in [1.82, 2.24) is 9.47 Å². The van der Waals surface area contributed by atoms with E-state index in [1.165, 1.54) is 30.2 Å². The van der Waals surface area contributed by atoms with E-state index in [2.05, 4.69) is 0 Å². The van der Waals surface area contributed by atoms with Crippen molar-refractivity contribution < 1.29 is 14.5 Å². The lowest BCUT2D eigenvalue weighted by atomic mass is 9.89. The van der Waals surface area contributed by atoms with Crippen LogP contribution in [0.15, 0.2) is 59.6 Å². The Hall–Kier alpha value is -3.39. The summed E-state index contributed by atoms with van der Waals surface area (Å²) in [4.78, 5) is 38.3. The van der Waals surface area contributed by atoms with Crippen molar-refractivity contribution in [3.63, 3.8) is 0 Å². The number of benzene rings is 2. The Morgan fingerprint density at radius 2 is 1.85 bits per heavy atom. The number of carbonyl (C=O) groups excluding carboxylic acids is 2. The van der Waals surface area contributed by atoms with Crippen LogP contribution in [0.3, 0.4) is 0 Å². The summed E-state index contributed by atoms with van der Waals surface area (Å²) in [5.41, 5.74) is 2.68. The number of non-ortho nitro benzene ring substituents is 1. The molecular weight excluding hydrogens is 450 g/mol. The second-order valence-corrected chi connectivity index (χ2v) is 9.95. The molecule has 1 aliphatic carbocycles. The molecule has 2 aromatic carbocycles. The molecule has 0 atom stereocenters. The molecule has 2 fully saturated rings. The molecule has 2 amide bonds. The van der Waals surface area contributed by atoms with Gasteiger partial charge in [0, 0.05) is 47.9 Å². The number of carbonyl (C=O) groups is 2. The average molecular weight is 476 g/mol. The maximum absolute atomic E-state index is 13.1. The number of thioether (sulfide) groups is 1. The number of nitrogens with zero attached hydrogens (tertiary/aromatic N) is 3. The first-order chi connectivity index (χ1) is 16.5. The minimum absolute atomic E-state index is 0.0563. The van der Waals surface area contributed by atoms with Crippen LogP contribution in [0.1, 0.15) is 43.2 Å². The highest BCUT2D eigenvalue weighted by molar-refractivity contribution is 8.18. The van der Waals surface area contributed by atoms with Gasteiger partial charge in [-0.2, -0.15) is 0 Å². The predicted octanol–water partition coefficient (Wildman–Crippen LogP) is 6.21. The lowest BCUT2D eigenvalue weighted by molar-refractivity contribution is -0.384. The largest absolute Gasteiger partial charge is 0.342 e. The van der Waals surface area contributed by atoms with E-state index in [4.69, 9.17) is 0 Å². The molecule has 1 saturated heterocycles. The maximum atomic E-state index is 13.1. The summed E-state index contributed by atoms with van der Waals surface area (Å²) in [5, 5.41) is 11.9. The molecule has 7 nitrogen and oxygen atoms in total. The number of hydrogen-bond donors (Lipinski definition) is 0. The Bertz CT molecular complexity index is 1310. The first-order valence-electron chi connectivity index (χ1n) is 11.6. The van der Waals surface area contributed by atoms with Gasteiger partial charge in [0.1, 0.15) is 0 Å². The van der Waals surface area contributed by atoms with Gasteiger partial charge in [0.25, 0.3) is 16.8 Å². The van der Waals surface area contributed by atoms with Crippen molar-refractivity contribution in [2.75, 3.05) is 6.54 Å². The van der Waals surface area contributed by atoms with E-state index in [9.17, 15) is 19.7 Å². The highest BCUT2D eigenvalue weighted by Gasteiger charge is 2.36. The Balaban J connectivity index is 1.43. The van der Waals surface area contributed by atoms with Crippen molar-refractivity contribution >= 4 is 45.6 Å². The quantitative estimate of drug-likeness (QED) is 0.240. The number of rotatable bonds is 6. The number of para-hydroxylation sites is 1. The van der Waals surface area contributed by atoms with Crippen LogP contribution in [0, 0.1) is 16.0 Å². The van der Waals surface area contributed by atoms with Crippen LogP contribution in [0.5, 0.6) is 0 Å². The van der Waals surface area contributed by atoms with E-state index in [1.807, 2.05) is 41.1 Å². The molecule has 0 N–H and O–H groups in total. The number of aromatic nitrogens is 1. The van der Waals surface area contributed by atoms with Crippen LogP contribution in [-0.4, -0.2) is 32.1 Å². The second kappa shape index (κ2) is 9.46. The van der Waals surface area contributed by atoms with Gasteiger partial charge in [0.15, 0.2) is 0 Å². The molecule has 0 unspecified atom stereocenters. The van der Waals surface area contributed by atoms with E-state index in [1.54, 1.807) is 18.2 Å². The van der Waals surface area contributed by atoms with Crippen LogP contribution in [0.25, 0.3) is 17.0 Å². The average Bonchev–Trinajstić information content (AvgIpc) is 3.32. The molecule has 0 radical (unpaired) electrons. The zero-order valence-electron chi connectivity index (χ0n) is 18.7.